The minimum absolute atomic E-state index is 0.264. The molecule has 0 aliphatic carbocycles. The topological polar surface area (TPSA) is 70.2 Å². The van der Waals surface area contributed by atoms with Crippen LogP contribution in [0.15, 0.2) is 35.4 Å². The van der Waals surface area contributed by atoms with Crippen LogP contribution in [0, 0.1) is 25.2 Å². The van der Waals surface area contributed by atoms with Gasteiger partial charge in [-0.2, -0.15) is 10.4 Å². The normalized spacial score (nSPS) is 10.6. The maximum absolute atomic E-state index is 11.9. The zero-order valence-corrected chi connectivity index (χ0v) is 12.2. The molecule has 5 nitrogen and oxygen atoms in total. The molecule has 106 valence electrons. The van der Waals surface area contributed by atoms with Gasteiger partial charge in [0.2, 0.25) is 0 Å². The molecule has 0 aliphatic rings. The third-order valence-corrected chi connectivity index (χ3v) is 3.37. The van der Waals surface area contributed by atoms with Crippen LogP contribution in [-0.4, -0.2) is 16.7 Å². The molecule has 0 saturated heterocycles. The highest BCUT2D eigenvalue weighted by molar-refractivity contribution is 5.95. The van der Waals surface area contributed by atoms with Crippen LogP contribution < -0.4 is 5.43 Å². The maximum Gasteiger partial charge on any atom is 0.271 e. The third kappa shape index (κ3) is 3.18. The zero-order valence-electron chi connectivity index (χ0n) is 12.2. The van der Waals surface area contributed by atoms with Crippen LogP contribution in [0.3, 0.4) is 0 Å². The van der Waals surface area contributed by atoms with Crippen molar-refractivity contribution in [1.82, 2.24) is 9.99 Å². The molecule has 0 saturated carbocycles. The predicted molar refractivity (Wildman–Crippen MR) is 81.1 cm³/mol. The number of aromatic nitrogens is 1. The second kappa shape index (κ2) is 6.06. The van der Waals surface area contributed by atoms with Gasteiger partial charge in [-0.25, -0.2) is 5.43 Å². The van der Waals surface area contributed by atoms with Gasteiger partial charge in [-0.1, -0.05) is 17.7 Å². The van der Waals surface area contributed by atoms with Gasteiger partial charge in [0.25, 0.3) is 5.91 Å². The van der Waals surface area contributed by atoms with Crippen molar-refractivity contribution in [2.75, 3.05) is 0 Å². The van der Waals surface area contributed by atoms with Gasteiger partial charge in [0.15, 0.2) is 0 Å². The Kier molecular flexibility index (Phi) is 4.19. The molecular weight excluding hydrogens is 264 g/mol. The number of carbonyl (C=O) groups excluding carboxylic acids is 1. The van der Waals surface area contributed by atoms with Crippen LogP contribution in [-0.2, 0) is 7.05 Å². The van der Waals surface area contributed by atoms with Crippen molar-refractivity contribution in [1.29, 1.82) is 5.26 Å². The van der Waals surface area contributed by atoms with E-state index in [4.69, 9.17) is 5.26 Å². The van der Waals surface area contributed by atoms with E-state index in [-0.39, 0.29) is 5.91 Å². The molecule has 0 radical (unpaired) electrons. The van der Waals surface area contributed by atoms with Gasteiger partial charge in [0.1, 0.15) is 11.8 Å². The van der Waals surface area contributed by atoms with Crippen LogP contribution in [0.25, 0.3) is 0 Å². The molecule has 0 spiro atoms. The van der Waals surface area contributed by atoms with Crippen molar-refractivity contribution in [3.8, 4) is 6.07 Å². The molecule has 1 aromatic heterocycles. The van der Waals surface area contributed by atoms with E-state index in [1.54, 1.807) is 29.0 Å². The Hall–Kier alpha value is -2.87. The van der Waals surface area contributed by atoms with E-state index in [1.807, 2.05) is 33.0 Å². The highest BCUT2D eigenvalue weighted by Gasteiger charge is 2.07. The van der Waals surface area contributed by atoms with Crippen molar-refractivity contribution in [3.63, 3.8) is 0 Å². The molecule has 2 aromatic rings. The summed E-state index contributed by atoms with van der Waals surface area (Å²) in [5.74, 6) is -0.264. The summed E-state index contributed by atoms with van der Waals surface area (Å²) >= 11 is 0. The summed E-state index contributed by atoms with van der Waals surface area (Å²) in [6.07, 6.45) is 1.54. The maximum atomic E-state index is 11.9. The van der Waals surface area contributed by atoms with E-state index < -0.39 is 0 Å². The molecule has 5 heteroatoms. The lowest BCUT2D eigenvalue weighted by atomic mass is 10.1. The SMILES string of the molecule is Cc1ccc(C(=O)N/N=C\c2cc(C#N)n(C)c2C)cc1. The average molecular weight is 280 g/mol. The monoisotopic (exact) mass is 280 g/mol. The van der Waals surface area contributed by atoms with Gasteiger partial charge < -0.3 is 4.57 Å². The van der Waals surface area contributed by atoms with Crippen LogP contribution in [0.1, 0.15) is 32.9 Å². The number of hydrogen-bond acceptors (Lipinski definition) is 3. The molecule has 0 aliphatic heterocycles. The fourth-order valence-electron chi connectivity index (χ4n) is 1.89. The fourth-order valence-corrected chi connectivity index (χ4v) is 1.89. The zero-order chi connectivity index (χ0) is 15.4. The number of benzene rings is 1. The minimum Gasteiger partial charge on any atom is -0.339 e. The average Bonchev–Trinajstić information content (AvgIpc) is 2.75. The Balaban J connectivity index is 2.08. The number of amides is 1. The van der Waals surface area contributed by atoms with E-state index in [0.717, 1.165) is 16.8 Å². The summed E-state index contributed by atoms with van der Waals surface area (Å²) in [6, 6.07) is 11.1. The van der Waals surface area contributed by atoms with Gasteiger partial charge in [-0.3, -0.25) is 4.79 Å². The predicted octanol–water partition coefficient (Wildman–Crippen LogP) is 2.28. The molecule has 1 aromatic carbocycles. The number of hydrogen-bond donors (Lipinski definition) is 1. The Labute approximate surface area is 123 Å². The molecule has 0 fully saturated rings. The summed E-state index contributed by atoms with van der Waals surface area (Å²) in [5.41, 5.74) is 6.41. The third-order valence-electron chi connectivity index (χ3n) is 3.37. The summed E-state index contributed by atoms with van der Waals surface area (Å²) in [6.45, 7) is 3.86. The first-order valence-corrected chi connectivity index (χ1v) is 6.49. The van der Waals surface area contributed by atoms with Gasteiger partial charge in [0.05, 0.1) is 6.21 Å². The first-order valence-electron chi connectivity index (χ1n) is 6.49. The molecular formula is C16H16N4O. The van der Waals surface area contributed by atoms with E-state index in [0.29, 0.717) is 11.3 Å². The molecule has 1 heterocycles. The highest BCUT2D eigenvalue weighted by Crippen LogP contribution is 2.10. The number of hydrazone groups is 1. The van der Waals surface area contributed by atoms with E-state index in [1.165, 1.54) is 0 Å². The van der Waals surface area contributed by atoms with Crippen molar-refractivity contribution >= 4 is 12.1 Å². The summed E-state index contributed by atoms with van der Waals surface area (Å²) in [4.78, 5) is 11.9. The summed E-state index contributed by atoms with van der Waals surface area (Å²) in [5, 5.41) is 12.9. The van der Waals surface area contributed by atoms with E-state index in [2.05, 4.69) is 16.6 Å². The molecule has 0 atom stereocenters. The number of rotatable bonds is 3. The van der Waals surface area contributed by atoms with Crippen molar-refractivity contribution < 1.29 is 4.79 Å². The number of nitrogens with zero attached hydrogens (tertiary/aromatic N) is 3. The van der Waals surface area contributed by atoms with E-state index >= 15 is 0 Å². The molecule has 21 heavy (non-hydrogen) atoms. The van der Waals surface area contributed by atoms with Gasteiger partial charge in [-0.05, 0) is 32.0 Å². The lowest BCUT2D eigenvalue weighted by molar-refractivity contribution is 0.0955. The number of nitrogens with one attached hydrogen (secondary N) is 1. The van der Waals surface area contributed by atoms with Crippen LogP contribution in [0.5, 0.6) is 0 Å². The highest BCUT2D eigenvalue weighted by atomic mass is 16.2. The number of aryl methyl sites for hydroxylation is 1. The van der Waals surface area contributed by atoms with E-state index in [9.17, 15) is 4.79 Å². The van der Waals surface area contributed by atoms with Crippen molar-refractivity contribution in [2.45, 2.75) is 13.8 Å². The Bertz CT molecular complexity index is 733. The molecule has 0 unspecified atom stereocenters. The molecule has 1 N–H and O–H groups in total. The largest absolute Gasteiger partial charge is 0.339 e. The molecule has 0 bridgehead atoms. The van der Waals surface area contributed by atoms with Crippen molar-refractivity contribution in [3.05, 3.63) is 58.4 Å². The lowest BCUT2D eigenvalue weighted by Gasteiger charge is -2.00. The summed E-state index contributed by atoms with van der Waals surface area (Å²) < 4.78 is 1.78. The lowest BCUT2D eigenvalue weighted by Crippen LogP contribution is -2.17. The Morgan fingerprint density at radius 1 is 1.33 bits per heavy atom. The van der Waals surface area contributed by atoms with Crippen LogP contribution in [0.2, 0.25) is 0 Å². The van der Waals surface area contributed by atoms with Gasteiger partial charge in [0, 0.05) is 23.9 Å². The smallest absolute Gasteiger partial charge is 0.271 e. The van der Waals surface area contributed by atoms with Crippen LogP contribution >= 0.6 is 0 Å². The number of nitriles is 1. The molecule has 2 rings (SSSR count). The standard InChI is InChI=1S/C16H16N4O/c1-11-4-6-13(7-5-11)16(21)19-18-10-14-8-15(9-17)20(3)12(14)2/h4-8,10H,1-3H3,(H,19,21)/b18-10-. The first kappa shape index (κ1) is 14.5. The second-order valence-corrected chi connectivity index (χ2v) is 4.81. The van der Waals surface area contributed by atoms with Crippen LogP contribution in [0.4, 0.5) is 0 Å². The minimum atomic E-state index is -0.264. The van der Waals surface area contributed by atoms with Gasteiger partial charge >= 0.3 is 0 Å². The van der Waals surface area contributed by atoms with Crippen molar-refractivity contribution in [2.24, 2.45) is 12.1 Å². The summed E-state index contributed by atoms with van der Waals surface area (Å²) in [7, 11) is 1.82. The van der Waals surface area contributed by atoms with Gasteiger partial charge in [-0.15, -0.1) is 0 Å². The first-order chi connectivity index (χ1) is 10.0. The Morgan fingerprint density at radius 3 is 2.57 bits per heavy atom. The second-order valence-electron chi connectivity index (χ2n) is 4.81. The Morgan fingerprint density at radius 2 is 2.00 bits per heavy atom. The number of carbonyl (C=O) groups is 1. The fraction of sp³-hybridized carbons (Fsp3) is 0.188. The quantitative estimate of drug-likeness (QED) is 0.692. The molecule has 1 amide bonds.